The molecule has 2 rings (SSSR count). The Morgan fingerprint density at radius 2 is 2.13 bits per heavy atom. The molecule has 1 aromatic carbocycles. The predicted octanol–water partition coefficient (Wildman–Crippen LogP) is 0.937. The lowest BCUT2D eigenvalue weighted by atomic mass is 10.0. The molecule has 0 amide bonds. The number of hydrogen-bond acceptors (Lipinski definition) is 2. The van der Waals surface area contributed by atoms with Crippen LogP contribution >= 0.6 is 0 Å². The van der Waals surface area contributed by atoms with Crippen molar-refractivity contribution >= 4 is 5.97 Å². The predicted molar refractivity (Wildman–Crippen MR) is 56.3 cm³/mol. The van der Waals surface area contributed by atoms with Crippen LogP contribution in [0.1, 0.15) is 23.5 Å². The van der Waals surface area contributed by atoms with Crippen molar-refractivity contribution in [3.63, 3.8) is 0 Å². The smallest absolute Gasteiger partial charge is 0.324 e. The summed E-state index contributed by atoms with van der Waals surface area (Å²) in [5, 5.41) is 8.89. The quantitative estimate of drug-likeness (QED) is 0.700. The molecule has 3 N–H and O–H groups in total. The van der Waals surface area contributed by atoms with Gasteiger partial charge in [-0.25, -0.2) is 0 Å². The molecule has 1 fully saturated rings. The Balaban J connectivity index is 2.21. The van der Waals surface area contributed by atoms with Gasteiger partial charge in [-0.3, -0.25) is 4.79 Å². The molecule has 3 nitrogen and oxygen atoms in total. The van der Waals surface area contributed by atoms with Crippen LogP contribution in [0.2, 0.25) is 0 Å². The first-order valence-electron chi connectivity index (χ1n) is 4.67. The minimum absolute atomic E-state index is 0.0816. The van der Waals surface area contributed by atoms with Gasteiger partial charge in [0.1, 0.15) is 5.54 Å². The molecule has 1 aromatic rings. The number of benzene rings is 1. The number of hydrogen-bond donors (Lipinski definition) is 2. The minimum Gasteiger partial charge on any atom is -0.480 e. The summed E-state index contributed by atoms with van der Waals surface area (Å²) in [5.41, 5.74) is 6.36. The summed E-state index contributed by atoms with van der Waals surface area (Å²) in [6.07, 6.45) is 5.72. The van der Waals surface area contributed by atoms with Crippen LogP contribution in [-0.2, 0) is 4.79 Å². The number of nitrogens with two attached hydrogens (primary N) is 1. The van der Waals surface area contributed by atoms with E-state index in [0.717, 1.165) is 11.1 Å². The van der Waals surface area contributed by atoms with Gasteiger partial charge in [0.05, 0.1) is 0 Å². The maximum Gasteiger partial charge on any atom is 0.324 e. The third kappa shape index (κ3) is 1.49. The van der Waals surface area contributed by atoms with E-state index in [1.165, 1.54) is 0 Å². The molecule has 0 spiro atoms. The normalized spacial score (nSPS) is 28.1. The molecule has 0 aliphatic heterocycles. The summed E-state index contributed by atoms with van der Waals surface area (Å²) in [6, 6.07) is 7.29. The maximum atomic E-state index is 10.8. The summed E-state index contributed by atoms with van der Waals surface area (Å²) in [5.74, 6) is 1.49. The molecule has 0 saturated heterocycles. The highest BCUT2D eigenvalue weighted by Crippen LogP contribution is 2.49. The highest BCUT2D eigenvalue weighted by Gasteiger charge is 2.58. The van der Waals surface area contributed by atoms with E-state index >= 15 is 0 Å². The van der Waals surface area contributed by atoms with Gasteiger partial charge in [-0.05, 0) is 24.1 Å². The van der Waals surface area contributed by atoms with Crippen molar-refractivity contribution in [2.24, 2.45) is 5.73 Å². The van der Waals surface area contributed by atoms with E-state index in [0.29, 0.717) is 6.42 Å². The average molecular weight is 201 g/mol. The topological polar surface area (TPSA) is 63.3 Å². The summed E-state index contributed by atoms with van der Waals surface area (Å²) in [7, 11) is 0. The summed E-state index contributed by atoms with van der Waals surface area (Å²) in [6.45, 7) is 0. The highest BCUT2D eigenvalue weighted by molar-refractivity contribution is 5.84. The lowest BCUT2D eigenvalue weighted by Crippen LogP contribution is -2.34. The van der Waals surface area contributed by atoms with Gasteiger partial charge in [0.2, 0.25) is 0 Å². The lowest BCUT2D eigenvalue weighted by molar-refractivity contribution is -0.139. The molecular formula is C12H11NO2. The van der Waals surface area contributed by atoms with Gasteiger partial charge in [0.25, 0.3) is 0 Å². The van der Waals surface area contributed by atoms with Crippen LogP contribution < -0.4 is 5.73 Å². The fourth-order valence-corrected chi connectivity index (χ4v) is 1.74. The Hall–Kier alpha value is -1.79. The van der Waals surface area contributed by atoms with Crippen molar-refractivity contribution in [2.45, 2.75) is 17.9 Å². The number of aliphatic carboxylic acids is 1. The average Bonchev–Trinajstić information content (AvgIpc) is 2.93. The van der Waals surface area contributed by atoms with Gasteiger partial charge in [0, 0.05) is 11.5 Å². The molecule has 76 valence electrons. The Bertz CT molecular complexity index is 444. The van der Waals surface area contributed by atoms with E-state index < -0.39 is 11.5 Å². The van der Waals surface area contributed by atoms with Crippen LogP contribution in [0.25, 0.3) is 0 Å². The Morgan fingerprint density at radius 1 is 1.53 bits per heavy atom. The number of carboxylic acids is 1. The van der Waals surface area contributed by atoms with E-state index in [9.17, 15) is 4.79 Å². The molecule has 0 unspecified atom stereocenters. The fraction of sp³-hybridized carbons (Fsp3) is 0.250. The van der Waals surface area contributed by atoms with E-state index in [1.54, 1.807) is 12.1 Å². The van der Waals surface area contributed by atoms with Crippen LogP contribution in [0, 0.1) is 12.3 Å². The first-order valence-corrected chi connectivity index (χ1v) is 4.67. The van der Waals surface area contributed by atoms with Crippen molar-refractivity contribution in [1.29, 1.82) is 0 Å². The van der Waals surface area contributed by atoms with Gasteiger partial charge in [-0.2, -0.15) is 0 Å². The molecule has 1 aliphatic rings. The van der Waals surface area contributed by atoms with Crippen LogP contribution in [0.15, 0.2) is 24.3 Å². The fourth-order valence-electron chi connectivity index (χ4n) is 1.74. The third-order valence-corrected chi connectivity index (χ3v) is 2.88. The van der Waals surface area contributed by atoms with Crippen molar-refractivity contribution in [3.05, 3.63) is 35.4 Å². The number of carboxylic acid groups (broad SMARTS) is 1. The monoisotopic (exact) mass is 201 g/mol. The van der Waals surface area contributed by atoms with Crippen molar-refractivity contribution in [1.82, 2.24) is 0 Å². The van der Waals surface area contributed by atoms with E-state index in [-0.39, 0.29) is 5.92 Å². The zero-order valence-electron chi connectivity index (χ0n) is 8.10. The van der Waals surface area contributed by atoms with Gasteiger partial charge in [-0.1, -0.05) is 18.1 Å². The highest BCUT2D eigenvalue weighted by atomic mass is 16.4. The molecule has 0 radical (unpaired) electrons. The standard InChI is InChI=1S/C12H11NO2/c1-2-8-3-5-9(6-4-8)10-7-12(10,13)11(14)15/h1,3-6,10H,7,13H2,(H,14,15)/t10-,12+/m0/s1. The second kappa shape index (κ2) is 3.11. The summed E-state index contributed by atoms with van der Waals surface area (Å²) >= 11 is 0. The largest absolute Gasteiger partial charge is 0.480 e. The molecule has 0 heterocycles. The Labute approximate surface area is 87.9 Å². The van der Waals surface area contributed by atoms with Crippen molar-refractivity contribution in [2.75, 3.05) is 0 Å². The first kappa shape index (κ1) is 9.75. The summed E-state index contributed by atoms with van der Waals surface area (Å²) in [4.78, 5) is 10.8. The van der Waals surface area contributed by atoms with Gasteiger partial charge in [0.15, 0.2) is 0 Å². The van der Waals surface area contributed by atoms with E-state index in [2.05, 4.69) is 5.92 Å². The summed E-state index contributed by atoms with van der Waals surface area (Å²) < 4.78 is 0. The van der Waals surface area contributed by atoms with Gasteiger partial charge < -0.3 is 10.8 Å². The zero-order chi connectivity index (χ0) is 11.1. The molecular weight excluding hydrogens is 190 g/mol. The zero-order valence-corrected chi connectivity index (χ0v) is 8.10. The van der Waals surface area contributed by atoms with Crippen LogP contribution in [-0.4, -0.2) is 16.6 Å². The second-order valence-corrected chi connectivity index (χ2v) is 3.87. The lowest BCUT2D eigenvalue weighted by Gasteiger charge is -2.05. The SMILES string of the molecule is C#Cc1ccc([C@@H]2C[C@]2(N)C(=O)O)cc1. The Morgan fingerprint density at radius 3 is 2.53 bits per heavy atom. The van der Waals surface area contributed by atoms with Crippen LogP contribution in [0.3, 0.4) is 0 Å². The molecule has 15 heavy (non-hydrogen) atoms. The van der Waals surface area contributed by atoms with E-state index in [4.69, 9.17) is 17.3 Å². The van der Waals surface area contributed by atoms with Crippen LogP contribution in [0.5, 0.6) is 0 Å². The van der Waals surface area contributed by atoms with Crippen molar-refractivity contribution < 1.29 is 9.90 Å². The molecule has 1 aliphatic carbocycles. The van der Waals surface area contributed by atoms with Gasteiger partial charge >= 0.3 is 5.97 Å². The Kier molecular flexibility index (Phi) is 2.02. The number of terminal acetylenes is 1. The molecule has 2 atom stereocenters. The molecule has 1 saturated carbocycles. The van der Waals surface area contributed by atoms with Crippen LogP contribution in [0.4, 0.5) is 0 Å². The maximum absolute atomic E-state index is 10.8. The first-order chi connectivity index (χ1) is 7.08. The molecule has 3 heteroatoms. The number of rotatable bonds is 2. The number of carbonyl (C=O) groups is 1. The van der Waals surface area contributed by atoms with Crippen molar-refractivity contribution in [3.8, 4) is 12.3 Å². The minimum atomic E-state index is -1.07. The molecule has 0 bridgehead atoms. The second-order valence-electron chi connectivity index (χ2n) is 3.87. The molecule has 0 aromatic heterocycles. The van der Waals surface area contributed by atoms with Gasteiger partial charge in [-0.15, -0.1) is 6.42 Å². The van der Waals surface area contributed by atoms with E-state index in [1.807, 2.05) is 12.1 Å². The third-order valence-electron chi connectivity index (χ3n) is 2.88.